The summed E-state index contributed by atoms with van der Waals surface area (Å²) in [6.45, 7) is 6.19. The molecule has 0 aliphatic carbocycles. The molecule has 1 N–H and O–H groups in total. The predicted molar refractivity (Wildman–Crippen MR) is 76.7 cm³/mol. The lowest BCUT2D eigenvalue weighted by Crippen LogP contribution is -2.13. The summed E-state index contributed by atoms with van der Waals surface area (Å²) in [6, 6.07) is 6.89. The van der Waals surface area contributed by atoms with Crippen molar-refractivity contribution in [3.63, 3.8) is 0 Å². The molecule has 98 valence electrons. The Bertz CT molecular complexity index is 443. The van der Waals surface area contributed by atoms with Crippen LogP contribution in [0, 0.1) is 0 Å². The van der Waals surface area contributed by atoms with Gasteiger partial charge in [0.05, 0.1) is 11.7 Å². The summed E-state index contributed by atoms with van der Waals surface area (Å²) in [5.74, 6) is 0. The average Bonchev–Trinajstić information content (AvgIpc) is 3.03. The maximum atomic E-state index is 4.63. The van der Waals surface area contributed by atoms with E-state index in [9.17, 15) is 0 Å². The minimum absolute atomic E-state index is 0.538. The van der Waals surface area contributed by atoms with Crippen LogP contribution < -0.4 is 5.32 Å². The molecule has 0 radical (unpaired) electrons. The largest absolute Gasteiger partial charge is 0.306 e. The van der Waals surface area contributed by atoms with E-state index in [2.05, 4.69) is 58.7 Å². The number of thiophene rings is 1. The fraction of sp³-hybridized carbons (Fsp3) is 0.500. The van der Waals surface area contributed by atoms with E-state index >= 15 is 0 Å². The number of aromatic nitrogens is 2. The van der Waals surface area contributed by atoms with Gasteiger partial charge in [-0.15, -0.1) is 11.3 Å². The Hall–Kier alpha value is -1.13. The SMILES string of the molecule is CCC(CC)n1ccc(CNCc2cccs2)n1. The van der Waals surface area contributed by atoms with Gasteiger partial charge in [0.15, 0.2) is 0 Å². The molecule has 2 aromatic heterocycles. The molecule has 0 aliphatic rings. The van der Waals surface area contributed by atoms with Gasteiger partial charge < -0.3 is 5.32 Å². The van der Waals surface area contributed by atoms with E-state index in [4.69, 9.17) is 0 Å². The second-order valence-corrected chi connectivity index (χ2v) is 5.47. The molecule has 2 heterocycles. The lowest BCUT2D eigenvalue weighted by atomic mass is 10.2. The zero-order valence-corrected chi connectivity index (χ0v) is 11.9. The van der Waals surface area contributed by atoms with Crippen LogP contribution in [0.1, 0.15) is 43.3 Å². The summed E-state index contributed by atoms with van der Waals surface area (Å²) in [5, 5.41) is 10.2. The molecule has 0 amide bonds. The van der Waals surface area contributed by atoms with Crippen LogP contribution in [0.25, 0.3) is 0 Å². The van der Waals surface area contributed by atoms with E-state index in [0.717, 1.165) is 31.6 Å². The van der Waals surface area contributed by atoms with E-state index in [0.29, 0.717) is 6.04 Å². The molecule has 2 rings (SSSR count). The molecule has 18 heavy (non-hydrogen) atoms. The second-order valence-electron chi connectivity index (χ2n) is 4.44. The third kappa shape index (κ3) is 3.43. The lowest BCUT2D eigenvalue weighted by molar-refractivity contribution is 0.424. The summed E-state index contributed by atoms with van der Waals surface area (Å²) in [6.07, 6.45) is 4.38. The van der Waals surface area contributed by atoms with Crippen LogP contribution in [0.4, 0.5) is 0 Å². The zero-order chi connectivity index (χ0) is 12.8. The van der Waals surface area contributed by atoms with Crippen molar-refractivity contribution in [3.8, 4) is 0 Å². The van der Waals surface area contributed by atoms with Gasteiger partial charge in [-0.05, 0) is 30.4 Å². The number of hydrogen-bond donors (Lipinski definition) is 1. The number of rotatable bonds is 7. The van der Waals surface area contributed by atoms with Gasteiger partial charge in [-0.1, -0.05) is 19.9 Å². The van der Waals surface area contributed by atoms with Crippen molar-refractivity contribution in [1.82, 2.24) is 15.1 Å². The van der Waals surface area contributed by atoms with Crippen molar-refractivity contribution in [2.75, 3.05) is 0 Å². The Morgan fingerprint density at radius 3 is 2.78 bits per heavy atom. The van der Waals surface area contributed by atoms with Crippen LogP contribution in [-0.4, -0.2) is 9.78 Å². The van der Waals surface area contributed by atoms with Gasteiger partial charge in [-0.2, -0.15) is 5.10 Å². The standard InChI is InChI=1S/C14H21N3S/c1-3-13(4-2)17-8-7-12(16-17)10-15-11-14-6-5-9-18-14/h5-9,13,15H,3-4,10-11H2,1-2H3. The monoisotopic (exact) mass is 263 g/mol. The van der Waals surface area contributed by atoms with Gasteiger partial charge in [0.1, 0.15) is 0 Å². The summed E-state index contributed by atoms with van der Waals surface area (Å²) in [7, 11) is 0. The predicted octanol–water partition coefficient (Wildman–Crippen LogP) is 3.60. The highest BCUT2D eigenvalue weighted by Gasteiger charge is 2.07. The molecule has 0 aromatic carbocycles. The quantitative estimate of drug-likeness (QED) is 0.827. The fourth-order valence-electron chi connectivity index (χ4n) is 2.06. The molecule has 0 saturated heterocycles. The Morgan fingerprint density at radius 2 is 2.11 bits per heavy atom. The van der Waals surface area contributed by atoms with Crippen LogP contribution in [0.3, 0.4) is 0 Å². The average molecular weight is 263 g/mol. The van der Waals surface area contributed by atoms with Crippen molar-refractivity contribution in [2.24, 2.45) is 0 Å². The van der Waals surface area contributed by atoms with Crippen molar-refractivity contribution in [2.45, 2.75) is 45.8 Å². The molecule has 3 nitrogen and oxygen atoms in total. The first-order valence-corrected chi connectivity index (χ1v) is 7.48. The molecule has 0 saturated carbocycles. The molecular formula is C14H21N3S. The van der Waals surface area contributed by atoms with Gasteiger partial charge in [-0.3, -0.25) is 4.68 Å². The van der Waals surface area contributed by atoms with E-state index in [1.165, 1.54) is 4.88 Å². The van der Waals surface area contributed by atoms with Gasteiger partial charge in [-0.25, -0.2) is 0 Å². The normalized spacial score (nSPS) is 11.3. The van der Waals surface area contributed by atoms with Crippen molar-refractivity contribution in [3.05, 3.63) is 40.3 Å². The Morgan fingerprint density at radius 1 is 1.28 bits per heavy atom. The molecule has 0 spiro atoms. The van der Waals surface area contributed by atoms with Gasteiger partial charge >= 0.3 is 0 Å². The van der Waals surface area contributed by atoms with Crippen molar-refractivity contribution < 1.29 is 0 Å². The topological polar surface area (TPSA) is 29.9 Å². The maximum Gasteiger partial charge on any atom is 0.0762 e. The van der Waals surface area contributed by atoms with Gasteiger partial charge in [0, 0.05) is 24.2 Å². The van der Waals surface area contributed by atoms with E-state index in [1.54, 1.807) is 11.3 Å². The fourth-order valence-corrected chi connectivity index (χ4v) is 2.74. The first-order valence-electron chi connectivity index (χ1n) is 6.60. The first-order chi connectivity index (χ1) is 8.83. The third-order valence-electron chi connectivity index (χ3n) is 3.17. The van der Waals surface area contributed by atoms with Gasteiger partial charge in [0.25, 0.3) is 0 Å². The summed E-state index contributed by atoms with van der Waals surface area (Å²) >= 11 is 1.79. The molecule has 4 heteroatoms. The Labute approximate surface area is 113 Å². The van der Waals surface area contributed by atoms with Crippen LogP contribution in [0.5, 0.6) is 0 Å². The molecule has 0 unspecified atom stereocenters. The Kier molecular flexibility index (Phi) is 4.96. The molecule has 0 fully saturated rings. The van der Waals surface area contributed by atoms with Crippen LogP contribution in [0.15, 0.2) is 29.8 Å². The van der Waals surface area contributed by atoms with Crippen LogP contribution in [0.2, 0.25) is 0 Å². The third-order valence-corrected chi connectivity index (χ3v) is 4.04. The number of nitrogens with one attached hydrogen (secondary N) is 1. The second kappa shape index (κ2) is 6.71. The summed E-state index contributed by atoms with van der Waals surface area (Å²) in [5.41, 5.74) is 1.12. The highest BCUT2D eigenvalue weighted by atomic mass is 32.1. The number of nitrogens with zero attached hydrogens (tertiary/aromatic N) is 2. The van der Waals surface area contributed by atoms with Crippen LogP contribution >= 0.6 is 11.3 Å². The summed E-state index contributed by atoms with van der Waals surface area (Å²) in [4.78, 5) is 1.37. The summed E-state index contributed by atoms with van der Waals surface area (Å²) < 4.78 is 2.10. The lowest BCUT2D eigenvalue weighted by Gasteiger charge is -2.12. The molecule has 0 aliphatic heterocycles. The molecule has 2 aromatic rings. The van der Waals surface area contributed by atoms with E-state index in [-0.39, 0.29) is 0 Å². The Balaban J connectivity index is 1.83. The number of hydrogen-bond acceptors (Lipinski definition) is 3. The van der Waals surface area contributed by atoms with Gasteiger partial charge in [0.2, 0.25) is 0 Å². The zero-order valence-electron chi connectivity index (χ0n) is 11.1. The molecular weight excluding hydrogens is 242 g/mol. The van der Waals surface area contributed by atoms with E-state index < -0.39 is 0 Å². The van der Waals surface area contributed by atoms with Crippen molar-refractivity contribution in [1.29, 1.82) is 0 Å². The minimum atomic E-state index is 0.538. The highest BCUT2D eigenvalue weighted by molar-refractivity contribution is 7.09. The van der Waals surface area contributed by atoms with Crippen LogP contribution in [-0.2, 0) is 13.1 Å². The maximum absolute atomic E-state index is 4.63. The molecule has 0 atom stereocenters. The molecule has 0 bridgehead atoms. The minimum Gasteiger partial charge on any atom is -0.306 e. The van der Waals surface area contributed by atoms with Crippen molar-refractivity contribution >= 4 is 11.3 Å². The smallest absolute Gasteiger partial charge is 0.0762 e. The first kappa shape index (κ1) is 13.3. The highest BCUT2D eigenvalue weighted by Crippen LogP contribution is 2.14. The van der Waals surface area contributed by atoms with E-state index in [1.807, 2.05) is 0 Å².